The predicted octanol–water partition coefficient (Wildman–Crippen LogP) is 1.07. The van der Waals surface area contributed by atoms with E-state index < -0.39 is 22.2 Å². The van der Waals surface area contributed by atoms with Crippen LogP contribution in [0.4, 0.5) is 0 Å². The molecule has 1 aromatic carbocycles. The van der Waals surface area contributed by atoms with Crippen LogP contribution in [0.25, 0.3) is 6.08 Å². The Hall–Kier alpha value is -0.920. The summed E-state index contributed by atoms with van der Waals surface area (Å²) < 4.78 is 25.4. The maximum Gasteiger partial charge on any atom is 0.236 e. The van der Waals surface area contributed by atoms with Crippen molar-refractivity contribution in [3.8, 4) is 0 Å². The van der Waals surface area contributed by atoms with Gasteiger partial charge in [0, 0.05) is 23.5 Å². The third-order valence-corrected chi connectivity index (χ3v) is 5.02. The van der Waals surface area contributed by atoms with Crippen LogP contribution in [0.5, 0.6) is 0 Å². The smallest absolute Gasteiger partial charge is 0.236 e. The van der Waals surface area contributed by atoms with Gasteiger partial charge in [0.2, 0.25) is 10.0 Å². The molecule has 1 unspecified atom stereocenters. The molecule has 0 amide bonds. The number of benzene rings is 1. The minimum Gasteiger partial charge on any atom is -0.393 e. The Balaban J connectivity index is 2.10. The summed E-state index contributed by atoms with van der Waals surface area (Å²) in [5.41, 5.74) is -0.615. The molecule has 0 spiro atoms. The molecule has 0 aromatic heterocycles. The van der Waals surface area contributed by atoms with Gasteiger partial charge < -0.3 is 10.2 Å². The summed E-state index contributed by atoms with van der Waals surface area (Å²) >= 11 is 5.75. The van der Waals surface area contributed by atoms with E-state index in [1.54, 1.807) is 24.3 Å². The van der Waals surface area contributed by atoms with Crippen molar-refractivity contribution in [1.29, 1.82) is 0 Å². The van der Waals surface area contributed by atoms with Crippen LogP contribution in [-0.2, 0) is 10.0 Å². The van der Waals surface area contributed by atoms with Gasteiger partial charge >= 0.3 is 0 Å². The summed E-state index contributed by atoms with van der Waals surface area (Å²) in [7, 11) is -3.60. The van der Waals surface area contributed by atoms with E-state index in [-0.39, 0.29) is 19.5 Å². The molecule has 1 aliphatic heterocycles. The van der Waals surface area contributed by atoms with Crippen LogP contribution in [0.3, 0.4) is 0 Å². The highest BCUT2D eigenvalue weighted by Gasteiger charge is 2.39. The van der Waals surface area contributed by atoms with Crippen LogP contribution < -0.4 is 0 Å². The number of β-amino-alcohol motifs (C(OH)–C–C–N with tert-alkyl or cyclic N) is 1. The van der Waals surface area contributed by atoms with Crippen molar-refractivity contribution < 1.29 is 18.6 Å². The number of nitrogens with zero attached hydrogens (tertiary/aromatic N) is 1. The zero-order chi connectivity index (χ0) is 14.8. The van der Waals surface area contributed by atoms with E-state index in [1.165, 1.54) is 6.08 Å². The first-order valence-corrected chi connectivity index (χ1v) is 8.00. The molecule has 2 rings (SSSR count). The Labute approximate surface area is 123 Å². The van der Waals surface area contributed by atoms with Gasteiger partial charge in [0.05, 0.1) is 6.61 Å². The highest BCUT2D eigenvalue weighted by atomic mass is 35.5. The van der Waals surface area contributed by atoms with Gasteiger partial charge in [0.15, 0.2) is 0 Å². The maximum atomic E-state index is 12.1. The van der Waals surface area contributed by atoms with Crippen LogP contribution in [0.15, 0.2) is 29.7 Å². The fourth-order valence-corrected chi connectivity index (χ4v) is 3.38. The van der Waals surface area contributed by atoms with E-state index in [0.717, 1.165) is 15.3 Å². The first-order chi connectivity index (χ1) is 9.35. The molecule has 110 valence electrons. The molecule has 1 aromatic rings. The Bertz CT molecular complexity index is 599. The molecule has 0 bridgehead atoms. The highest BCUT2D eigenvalue weighted by Crippen LogP contribution is 2.24. The fourth-order valence-electron chi connectivity index (χ4n) is 1.99. The van der Waals surface area contributed by atoms with Crippen molar-refractivity contribution in [3.63, 3.8) is 0 Å². The van der Waals surface area contributed by atoms with Crippen molar-refractivity contribution in [2.45, 2.75) is 12.0 Å². The average molecular weight is 318 g/mol. The van der Waals surface area contributed by atoms with E-state index in [4.69, 9.17) is 16.7 Å². The standard InChI is InChI=1S/C13H16ClNO4S/c14-12-3-1-11(2-4-12)5-8-20(18,19)15-7-6-13(17,9-15)10-16/h1-5,8,16-17H,6-7,9-10H2. The van der Waals surface area contributed by atoms with E-state index in [2.05, 4.69) is 0 Å². The minimum absolute atomic E-state index is 0.0865. The lowest BCUT2D eigenvalue weighted by atomic mass is 10.1. The highest BCUT2D eigenvalue weighted by molar-refractivity contribution is 7.92. The van der Waals surface area contributed by atoms with Crippen LogP contribution in [0.2, 0.25) is 5.02 Å². The number of halogens is 1. The molecule has 5 nitrogen and oxygen atoms in total. The zero-order valence-corrected chi connectivity index (χ0v) is 12.3. The van der Waals surface area contributed by atoms with Gasteiger partial charge in [-0.3, -0.25) is 0 Å². The normalized spacial score (nSPS) is 24.6. The summed E-state index contributed by atoms with van der Waals surface area (Å²) in [5.74, 6) is 0. The average Bonchev–Trinajstić information content (AvgIpc) is 2.83. The molecule has 1 saturated heterocycles. The number of aliphatic hydroxyl groups excluding tert-OH is 1. The molecule has 1 heterocycles. The van der Waals surface area contributed by atoms with Crippen molar-refractivity contribution >= 4 is 27.7 Å². The van der Waals surface area contributed by atoms with Gasteiger partial charge in [0.1, 0.15) is 5.60 Å². The molecular weight excluding hydrogens is 302 g/mol. The topological polar surface area (TPSA) is 77.8 Å². The van der Waals surface area contributed by atoms with Crippen LogP contribution in [-0.4, -0.2) is 48.2 Å². The van der Waals surface area contributed by atoms with Gasteiger partial charge in [-0.25, -0.2) is 8.42 Å². The molecule has 1 fully saturated rings. The molecule has 0 radical (unpaired) electrons. The van der Waals surface area contributed by atoms with Gasteiger partial charge in [-0.1, -0.05) is 23.7 Å². The summed E-state index contributed by atoms with van der Waals surface area (Å²) in [5, 5.41) is 20.6. The van der Waals surface area contributed by atoms with Gasteiger partial charge in [0.25, 0.3) is 0 Å². The van der Waals surface area contributed by atoms with Gasteiger partial charge in [-0.15, -0.1) is 0 Å². The molecular formula is C13H16ClNO4S. The van der Waals surface area contributed by atoms with Crippen LogP contribution >= 0.6 is 11.6 Å². The Morgan fingerprint density at radius 3 is 2.55 bits per heavy atom. The molecule has 1 atom stereocenters. The number of hydrogen-bond donors (Lipinski definition) is 2. The van der Waals surface area contributed by atoms with Crippen molar-refractivity contribution in [2.75, 3.05) is 19.7 Å². The maximum absolute atomic E-state index is 12.1. The summed E-state index contributed by atoms with van der Waals surface area (Å²) in [6.07, 6.45) is 1.71. The largest absolute Gasteiger partial charge is 0.393 e. The molecule has 7 heteroatoms. The number of aliphatic hydroxyl groups is 2. The quantitative estimate of drug-likeness (QED) is 0.871. The first-order valence-electron chi connectivity index (χ1n) is 6.12. The Morgan fingerprint density at radius 1 is 1.35 bits per heavy atom. The number of rotatable bonds is 4. The predicted molar refractivity (Wildman–Crippen MR) is 77.6 cm³/mol. The summed E-state index contributed by atoms with van der Waals surface area (Å²) in [6, 6.07) is 6.77. The SMILES string of the molecule is O=S(=O)(C=Cc1ccc(Cl)cc1)N1CCC(O)(CO)C1. The van der Waals surface area contributed by atoms with Crippen molar-refractivity contribution in [3.05, 3.63) is 40.3 Å². The monoisotopic (exact) mass is 317 g/mol. The lowest BCUT2D eigenvalue weighted by Crippen LogP contribution is -2.38. The fraction of sp³-hybridized carbons (Fsp3) is 0.385. The summed E-state index contributed by atoms with van der Waals surface area (Å²) in [6.45, 7) is -0.332. The number of hydrogen-bond acceptors (Lipinski definition) is 4. The molecule has 2 N–H and O–H groups in total. The molecule has 1 aliphatic rings. The minimum atomic E-state index is -3.60. The second kappa shape index (κ2) is 5.83. The van der Waals surface area contributed by atoms with Crippen molar-refractivity contribution in [2.24, 2.45) is 0 Å². The van der Waals surface area contributed by atoms with Gasteiger partial charge in [-0.2, -0.15) is 4.31 Å². The summed E-state index contributed by atoms with van der Waals surface area (Å²) in [4.78, 5) is 0. The number of sulfonamides is 1. The van der Waals surface area contributed by atoms with E-state index in [9.17, 15) is 13.5 Å². The lowest BCUT2D eigenvalue weighted by Gasteiger charge is -2.19. The Morgan fingerprint density at radius 2 is 2.00 bits per heavy atom. The van der Waals surface area contributed by atoms with Gasteiger partial charge in [-0.05, 0) is 30.2 Å². The van der Waals surface area contributed by atoms with Crippen LogP contribution in [0.1, 0.15) is 12.0 Å². The van der Waals surface area contributed by atoms with E-state index in [1.807, 2.05) is 0 Å². The van der Waals surface area contributed by atoms with E-state index >= 15 is 0 Å². The zero-order valence-electron chi connectivity index (χ0n) is 10.7. The first kappa shape index (κ1) is 15.5. The van der Waals surface area contributed by atoms with Crippen LogP contribution in [0, 0.1) is 0 Å². The Kier molecular flexibility index (Phi) is 4.51. The second-order valence-electron chi connectivity index (χ2n) is 4.87. The lowest BCUT2D eigenvalue weighted by molar-refractivity contribution is -0.000676. The van der Waals surface area contributed by atoms with Crippen molar-refractivity contribution in [1.82, 2.24) is 4.31 Å². The third-order valence-electron chi connectivity index (χ3n) is 3.25. The second-order valence-corrected chi connectivity index (χ2v) is 7.12. The molecule has 20 heavy (non-hydrogen) atoms. The van der Waals surface area contributed by atoms with E-state index in [0.29, 0.717) is 5.02 Å². The third kappa shape index (κ3) is 3.59. The molecule has 0 saturated carbocycles. The molecule has 0 aliphatic carbocycles.